The SMILES string of the molecule is CN1C[C@@H]2C[C@H]1CN2c1ccc(-c2cccc3[nH]ccc23)cn1. The van der Waals surface area contributed by atoms with E-state index in [9.17, 15) is 0 Å². The molecule has 1 N–H and O–H groups in total. The van der Waals surface area contributed by atoms with E-state index in [4.69, 9.17) is 4.98 Å². The number of likely N-dealkylation sites (N-methyl/N-ethyl adjacent to an activating group) is 1. The molecule has 0 spiro atoms. The summed E-state index contributed by atoms with van der Waals surface area (Å²) in [6.45, 7) is 2.28. The first-order chi connectivity index (χ1) is 11.3. The Balaban J connectivity index is 1.47. The summed E-state index contributed by atoms with van der Waals surface area (Å²) in [6.07, 6.45) is 5.29. The van der Waals surface area contributed by atoms with Crippen LogP contribution in [0.4, 0.5) is 5.82 Å². The molecule has 0 unspecified atom stereocenters. The summed E-state index contributed by atoms with van der Waals surface area (Å²) >= 11 is 0. The molecule has 2 aliphatic heterocycles. The molecule has 2 aromatic heterocycles. The monoisotopic (exact) mass is 304 g/mol. The van der Waals surface area contributed by atoms with Crippen molar-refractivity contribution < 1.29 is 0 Å². The first-order valence-corrected chi connectivity index (χ1v) is 8.29. The first kappa shape index (κ1) is 13.1. The highest BCUT2D eigenvalue weighted by atomic mass is 15.4. The molecule has 2 bridgehead atoms. The summed E-state index contributed by atoms with van der Waals surface area (Å²) < 4.78 is 0. The number of H-pyrrole nitrogens is 1. The second-order valence-corrected chi connectivity index (χ2v) is 6.78. The molecule has 4 heteroatoms. The van der Waals surface area contributed by atoms with Gasteiger partial charge in [0.2, 0.25) is 0 Å². The summed E-state index contributed by atoms with van der Waals surface area (Å²) in [4.78, 5) is 13.0. The third-order valence-corrected chi connectivity index (χ3v) is 5.46. The number of fused-ring (bicyclic) bond motifs is 3. The van der Waals surface area contributed by atoms with Crippen molar-refractivity contribution in [1.82, 2.24) is 14.9 Å². The number of hydrogen-bond donors (Lipinski definition) is 1. The van der Waals surface area contributed by atoms with Crippen LogP contribution in [0.3, 0.4) is 0 Å². The molecular weight excluding hydrogens is 284 g/mol. The fourth-order valence-electron chi connectivity index (χ4n) is 4.20. The maximum Gasteiger partial charge on any atom is 0.128 e. The fraction of sp³-hybridized carbons (Fsp3) is 0.316. The van der Waals surface area contributed by atoms with Crippen molar-refractivity contribution in [2.24, 2.45) is 0 Å². The molecule has 2 atom stereocenters. The van der Waals surface area contributed by atoms with E-state index in [1.807, 2.05) is 12.4 Å². The van der Waals surface area contributed by atoms with E-state index < -0.39 is 0 Å². The smallest absolute Gasteiger partial charge is 0.128 e. The molecule has 0 amide bonds. The number of aromatic amines is 1. The lowest BCUT2D eigenvalue weighted by molar-refractivity contribution is 0.292. The topological polar surface area (TPSA) is 35.2 Å². The second kappa shape index (κ2) is 4.83. The molecule has 0 saturated carbocycles. The van der Waals surface area contributed by atoms with Gasteiger partial charge >= 0.3 is 0 Å². The Morgan fingerprint density at radius 3 is 2.78 bits per heavy atom. The molecule has 2 saturated heterocycles. The highest BCUT2D eigenvalue weighted by molar-refractivity contribution is 5.94. The fourth-order valence-corrected chi connectivity index (χ4v) is 4.20. The van der Waals surface area contributed by atoms with Gasteiger partial charge in [-0.05, 0) is 43.3 Å². The zero-order valence-corrected chi connectivity index (χ0v) is 13.2. The van der Waals surface area contributed by atoms with Crippen LogP contribution >= 0.6 is 0 Å². The van der Waals surface area contributed by atoms with Crippen LogP contribution in [-0.2, 0) is 0 Å². The average Bonchev–Trinajstić information content (AvgIpc) is 3.29. The van der Waals surface area contributed by atoms with E-state index in [2.05, 4.69) is 58.2 Å². The Labute approximate surface area is 135 Å². The van der Waals surface area contributed by atoms with Gasteiger partial charge in [0, 0.05) is 54.0 Å². The number of anilines is 1. The third-order valence-electron chi connectivity index (χ3n) is 5.46. The largest absolute Gasteiger partial charge is 0.361 e. The highest BCUT2D eigenvalue weighted by Gasteiger charge is 2.41. The Bertz CT molecular complexity index is 849. The van der Waals surface area contributed by atoms with Crippen LogP contribution in [0.1, 0.15) is 6.42 Å². The number of aromatic nitrogens is 2. The van der Waals surface area contributed by atoms with E-state index in [0.29, 0.717) is 12.1 Å². The number of nitrogens with zero attached hydrogens (tertiary/aromatic N) is 3. The van der Waals surface area contributed by atoms with Crippen LogP contribution in [0.15, 0.2) is 48.8 Å². The van der Waals surface area contributed by atoms with Crippen LogP contribution in [0.2, 0.25) is 0 Å². The summed E-state index contributed by atoms with van der Waals surface area (Å²) in [7, 11) is 2.23. The Morgan fingerprint density at radius 2 is 2.04 bits per heavy atom. The average molecular weight is 304 g/mol. The van der Waals surface area contributed by atoms with Gasteiger partial charge in [-0.15, -0.1) is 0 Å². The lowest BCUT2D eigenvalue weighted by Gasteiger charge is -2.32. The molecule has 3 aromatic rings. The van der Waals surface area contributed by atoms with Crippen molar-refractivity contribution in [1.29, 1.82) is 0 Å². The van der Waals surface area contributed by atoms with Gasteiger partial charge in [-0.1, -0.05) is 12.1 Å². The Hall–Kier alpha value is -2.33. The maximum absolute atomic E-state index is 4.77. The zero-order valence-electron chi connectivity index (χ0n) is 13.2. The molecule has 2 aliphatic rings. The molecule has 4 heterocycles. The van der Waals surface area contributed by atoms with Gasteiger partial charge in [-0.25, -0.2) is 4.98 Å². The molecule has 2 fully saturated rings. The maximum atomic E-state index is 4.77. The number of pyridine rings is 1. The third kappa shape index (κ3) is 1.98. The first-order valence-electron chi connectivity index (χ1n) is 8.29. The van der Waals surface area contributed by atoms with E-state index in [0.717, 1.165) is 18.9 Å². The Morgan fingerprint density at radius 1 is 1.09 bits per heavy atom. The molecule has 4 nitrogen and oxygen atoms in total. The van der Waals surface area contributed by atoms with Crippen molar-refractivity contribution in [3.63, 3.8) is 0 Å². The van der Waals surface area contributed by atoms with Gasteiger partial charge < -0.3 is 9.88 Å². The molecule has 23 heavy (non-hydrogen) atoms. The number of piperazine rings is 1. The lowest BCUT2D eigenvalue weighted by Crippen LogP contribution is -2.44. The zero-order chi connectivity index (χ0) is 15.4. The minimum absolute atomic E-state index is 0.636. The lowest BCUT2D eigenvalue weighted by atomic mass is 10.0. The van der Waals surface area contributed by atoms with Crippen LogP contribution < -0.4 is 4.90 Å². The summed E-state index contributed by atoms with van der Waals surface area (Å²) in [5.41, 5.74) is 3.59. The quantitative estimate of drug-likeness (QED) is 0.790. The van der Waals surface area contributed by atoms with Gasteiger partial charge in [-0.3, -0.25) is 4.90 Å². The summed E-state index contributed by atoms with van der Waals surface area (Å²) in [6, 6.07) is 14.2. The number of benzene rings is 1. The molecule has 116 valence electrons. The standard InChI is InChI=1S/C19H20N4/c1-22-11-15-9-14(22)12-23(15)19-6-5-13(10-21-19)16-3-2-4-18-17(16)7-8-20-18/h2-8,10,14-15,20H,9,11-12H2,1H3/t14-,15-/m0/s1. The van der Waals surface area contributed by atoms with Gasteiger partial charge in [0.1, 0.15) is 5.82 Å². The van der Waals surface area contributed by atoms with E-state index >= 15 is 0 Å². The minimum atomic E-state index is 0.636. The van der Waals surface area contributed by atoms with Crippen LogP contribution in [-0.4, -0.2) is 47.1 Å². The van der Waals surface area contributed by atoms with Gasteiger partial charge in [0.25, 0.3) is 0 Å². The molecule has 1 aromatic carbocycles. The van der Waals surface area contributed by atoms with Crippen molar-refractivity contribution in [3.05, 3.63) is 48.8 Å². The van der Waals surface area contributed by atoms with Gasteiger partial charge in [-0.2, -0.15) is 0 Å². The van der Waals surface area contributed by atoms with Crippen molar-refractivity contribution in [2.75, 3.05) is 25.0 Å². The molecule has 0 radical (unpaired) electrons. The number of likely N-dealkylation sites (tertiary alicyclic amines) is 1. The predicted molar refractivity (Wildman–Crippen MR) is 93.7 cm³/mol. The minimum Gasteiger partial charge on any atom is -0.361 e. The molecule has 5 rings (SSSR count). The highest BCUT2D eigenvalue weighted by Crippen LogP contribution is 2.34. The summed E-state index contributed by atoms with van der Waals surface area (Å²) in [5, 5.41) is 1.25. The second-order valence-electron chi connectivity index (χ2n) is 6.78. The van der Waals surface area contributed by atoms with E-state index in [1.54, 1.807) is 0 Å². The van der Waals surface area contributed by atoms with Crippen LogP contribution in [0.5, 0.6) is 0 Å². The molecule has 0 aliphatic carbocycles. The number of hydrogen-bond acceptors (Lipinski definition) is 3. The van der Waals surface area contributed by atoms with Crippen molar-refractivity contribution in [3.8, 4) is 11.1 Å². The Kier molecular flexibility index (Phi) is 2.76. The molecular formula is C19H20N4. The van der Waals surface area contributed by atoms with Crippen molar-refractivity contribution >= 4 is 16.7 Å². The van der Waals surface area contributed by atoms with Crippen LogP contribution in [0.25, 0.3) is 22.0 Å². The number of rotatable bonds is 2. The van der Waals surface area contributed by atoms with Crippen LogP contribution in [0, 0.1) is 0 Å². The predicted octanol–water partition coefficient (Wildman–Crippen LogP) is 3.12. The van der Waals surface area contributed by atoms with Gasteiger partial charge in [0.05, 0.1) is 0 Å². The van der Waals surface area contributed by atoms with Gasteiger partial charge in [0.15, 0.2) is 0 Å². The normalized spacial score (nSPS) is 24.0. The summed E-state index contributed by atoms with van der Waals surface area (Å²) in [5.74, 6) is 1.12. The van der Waals surface area contributed by atoms with E-state index in [1.165, 1.54) is 28.5 Å². The van der Waals surface area contributed by atoms with E-state index in [-0.39, 0.29) is 0 Å². The number of nitrogens with one attached hydrogen (secondary N) is 1. The van der Waals surface area contributed by atoms with Crippen molar-refractivity contribution in [2.45, 2.75) is 18.5 Å².